The molecule has 0 spiro atoms. The Hall–Kier alpha value is -1.51. The van der Waals surface area contributed by atoms with Gasteiger partial charge in [-0.1, -0.05) is 55.8 Å². The summed E-state index contributed by atoms with van der Waals surface area (Å²) >= 11 is 5.99. The Morgan fingerprint density at radius 3 is 2.67 bits per heavy atom. The predicted octanol–water partition coefficient (Wildman–Crippen LogP) is 4.66. The molecule has 0 fully saturated rings. The molecule has 2 rings (SSSR count). The van der Waals surface area contributed by atoms with E-state index in [9.17, 15) is 0 Å². The first-order valence-electron chi connectivity index (χ1n) is 7.31. The van der Waals surface area contributed by atoms with Crippen molar-refractivity contribution < 1.29 is 4.74 Å². The largest absolute Gasteiger partial charge is 0.489 e. The van der Waals surface area contributed by atoms with Crippen molar-refractivity contribution in [3.05, 3.63) is 64.7 Å². The fraction of sp³-hybridized carbons (Fsp3) is 0.333. The summed E-state index contributed by atoms with van der Waals surface area (Å²) in [5.74, 6) is 1.57. The van der Waals surface area contributed by atoms with E-state index >= 15 is 0 Å². The summed E-state index contributed by atoms with van der Waals surface area (Å²) in [5, 5.41) is 4.19. The van der Waals surface area contributed by atoms with Crippen molar-refractivity contribution in [2.45, 2.75) is 27.0 Å². The lowest BCUT2D eigenvalue weighted by molar-refractivity contribution is 0.302. The lowest BCUT2D eigenvalue weighted by Crippen LogP contribution is -2.19. The highest BCUT2D eigenvalue weighted by atomic mass is 35.5. The van der Waals surface area contributed by atoms with E-state index in [0.29, 0.717) is 12.5 Å². The molecule has 2 aromatic rings. The van der Waals surface area contributed by atoms with Gasteiger partial charge in [-0.15, -0.1) is 0 Å². The van der Waals surface area contributed by atoms with E-state index in [1.54, 1.807) is 0 Å². The van der Waals surface area contributed by atoms with Crippen LogP contribution in [0.25, 0.3) is 0 Å². The summed E-state index contributed by atoms with van der Waals surface area (Å²) in [7, 11) is 0. The third-order valence-corrected chi connectivity index (χ3v) is 3.36. The Bertz CT molecular complexity index is 569. The van der Waals surface area contributed by atoms with Crippen LogP contribution in [0.5, 0.6) is 5.75 Å². The molecule has 0 atom stereocenters. The number of nitrogens with one attached hydrogen (secondary N) is 1. The van der Waals surface area contributed by atoms with Crippen molar-refractivity contribution in [1.29, 1.82) is 0 Å². The first kappa shape index (κ1) is 15.9. The monoisotopic (exact) mass is 303 g/mol. The van der Waals surface area contributed by atoms with Gasteiger partial charge in [-0.25, -0.2) is 0 Å². The van der Waals surface area contributed by atoms with E-state index in [2.05, 4.69) is 25.2 Å². The van der Waals surface area contributed by atoms with E-state index in [4.69, 9.17) is 16.3 Å². The molecule has 0 aromatic heterocycles. The van der Waals surface area contributed by atoms with E-state index in [0.717, 1.165) is 29.4 Å². The first-order valence-corrected chi connectivity index (χ1v) is 7.69. The third kappa shape index (κ3) is 5.41. The summed E-state index contributed by atoms with van der Waals surface area (Å²) in [6.45, 7) is 6.76. The standard InChI is InChI=1S/C18H22ClNO/c1-14(2)11-20-12-16-7-3-4-9-18(16)21-13-15-6-5-8-17(19)10-15/h3-10,14,20H,11-13H2,1-2H3. The Balaban J connectivity index is 1.96. The Morgan fingerprint density at radius 1 is 1.10 bits per heavy atom. The van der Waals surface area contributed by atoms with Crippen molar-refractivity contribution >= 4 is 11.6 Å². The molecule has 21 heavy (non-hydrogen) atoms. The maximum Gasteiger partial charge on any atom is 0.124 e. The van der Waals surface area contributed by atoms with Crippen LogP contribution in [-0.2, 0) is 13.2 Å². The molecule has 0 bridgehead atoms. The average Bonchev–Trinajstić information content (AvgIpc) is 2.46. The molecule has 0 radical (unpaired) electrons. The molecule has 0 amide bonds. The SMILES string of the molecule is CC(C)CNCc1ccccc1OCc1cccc(Cl)c1. The van der Waals surface area contributed by atoms with Crippen LogP contribution < -0.4 is 10.1 Å². The van der Waals surface area contributed by atoms with Gasteiger partial charge in [0.2, 0.25) is 0 Å². The topological polar surface area (TPSA) is 21.3 Å². The van der Waals surface area contributed by atoms with Crippen LogP contribution in [0.2, 0.25) is 5.02 Å². The van der Waals surface area contributed by atoms with Crippen LogP contribution in [0, 0.1) is 5.92 Å². The van der Waals surface area contributed by atoms with E-state index < -0.39 is 0 Å². The third-order valence-electron chi connectivity index (χ3n) is 3.12. The number of para-hydroxylation sites is 1. The molecule has 2 nitrogen and oxygen atoms in total. The minimum Gasteiger partial charge on any atom is -0.489 e. The molecule has 0 aliphatic carbocycles. The highest BCUT2D eigenvalue weighted by Gasteiger charge is 2.04. The van der Waals surface area contributed by atoms with E-state index in [1.165, 1.54) is 5.56 Å². The van der Waals surface area contributed by atoms with Gasteiger partial charge in [0.05, 0.1) is 0 Å². The van der Waals surface area contributed by atoms with E-state index in [1.807, 2.05) is 42.5 Å². The summed E-state index contributed by atoms with van der Waals surface area (Å²) in [6.07, 6.45) is 0. The van der Waals surface area contributed by atoms with Gasteiger partial charge >= 0.3 is 0 Å². The van der Waals surface area contributed by atoms with Crippen molar-refractivity contribution in [3.63, 3.8) is 0 Å². The molecule has 0 heterocycles. The molecular formula is C18H22ClNO. The predicted molar refractivity (Wildman–Crippen MR) is 88.8 cm³/mol. The second-order valence-corrected chi connectivity index (χ2v) is 5.99. The zero-order chi connectivity index (χ0) is 15.1. The number of halogens is 1. The first-order chi connectivity index (χ1) is 10.1. The molecule has 0 aliphatic rings. The second-order valence-electron chi connectivity index (χ2n) is 5.55. The molecular weight excluding hydrogens is 282 g/mol. The van der Waals surface area contributed by atoms with Gasteiger partial charge in [0.1, 0.15) is 12.4 Å². The van der Waals surface area contributed by atoms with Gasteiger partial charge < -0.3 is 10.1 Å². The number of hydrogen-bond acceptors (Lipinski definition) is 2. The molecule has 0 saturated carbocycles. The molecule has 0 unspecified atom stereocenters. The van der Waals surface area contributed by atoms with Gasteiger partial charge in [-0.05, 0) is 36.2 Å². The average molecular weight is 304 g/mol. The highest BCUT2D eigenvalue weighted by molar-refractivity contribution is 6.30. The smallest absolute Gasteiger partial charge is 0.124 e. The molecule has 1 N–H and O–H groups in total. The minimum atomic E-state index is 0.530. The van der Waals surface area contributed by atoms with Crippen LogP contribution in [0.3, 0.4) is 0 Å². The van der Waals surface area contributed by atoms with Gasteiger partial charge in [0, 0.05) is 17.1 Å². The van der Waals surface area contributed by atoms with Gasteiger partial charge in [-0.3, -0.25) is 0 Å². The van der Waals surface area contributed by atoms with Crippen LogP contribution in [0.4, 0.5) is 0 Å². The second kappa shape index (κ2) is 8.06. The number of ether oxygens (including phenoxy) is 1. The zero-order valence-electron chi connectivity index (χ0n) is 12.6. The Morgan fingerprint density at radius 2 is 1.90 bits per heavy atom. The zero-order valence-corrected chi connectivity index (χ0v) is 13.4. The van der Waals surface area contributed by atoms with Crippen molar-refractivity contribution in [2.24, 2.45) is 5.92 Å². The Kier molecular flexibility index (Phi) is 6.09. The van der Waals surface area contributed by atoms with Crippen molar-refractivity contribution in [2.75, 3.05) is 6.54 Å². The summed E-state index contributed by atoms with van der Waals surface area (Å²) in [5.41, 5.74) is 2.26. The Labute approximate surface area is 132 Å². The minimum absolute atomic E-state index is 0.530. The van der Waals surface area contributed by atoms with Gasteiger partial charge in [-0.2, -0.15) is 0 Å². The van der Waals surface area contributed by atoms with Crippen molar-refractivity contribution in [3.8, 4) is 5.75 Å². The number of rotatable bonds is 7. The maximum atomic E-state index is 5.99. The molecule has 2 aromatic carbocycles. The quantitative estimate of drug-likeness (QED) is 0.803. The van der Waals surface area contributed by atoms with Gasteiger partial charge in [0.15, 0.2) is 0 Å². The molecule has 3 heteroatoms. The normalized spacial score (nSPS) is 10.9. The maximum absolute atomic E-state index is 5.99. The number of benzene rings is 2. The summed E-state index contributed by atoms with van der Waals surface area (Å²) in [6, 6.07) is 15.9. The van der Waals surface area contributed by atoms with Gasteiger partial charge in [0.25, 0.3) is 0 Å². The lowest BCUT2D eigenvalue weighted by Gasteiger charge is -2.13. The highest BCUT2D eigenvalue weighted by Crippen LogP contribution is 2.20. The molecule has 0 saturated heterocycles. The summed E-state index contributed by atoms with van der Waals surface area (Å²) < 4.78 is 5.94. The number of hydrogen-bond donors (Lipinski definition) is 1. The molecule has 112 valence electrons. The fourth-order valence-corrected chi connectivity index (χ4v) is 2.29. The van der Waals surface area contributed by atoms with Crippen LogP contribution in [0.1, 0.15) is 25.0 Å². The fourth-order valence-electron chi connectivity index (χ4n) is 2.07. The van der Waals surface area contributed by atoms with Crippen molar-refractivity contribution in [1.82, 2.24) is 5.32 Å². The van der Waals surface area contributed by atoms with Crippen LogP contribution in [-0.4, -0.2) is 6.54 Å². The lowest BCUT2D eigenvalue weighted by atomic mass is 10.1. The molecule has 0 aliphatic heterocycles. The van der Waals surface area contributed by atoms with E-state index in [-0.39, 0.29) is 0 Å². The van der Waals surface area contributed by atoms with Crippen LogP contribution >= 0.6 is 11.6 Å². The van der Waals surface area contributed by atoms with Crippen LogP contribution in [0.15, 0.2) is 48.5 Å². The summed E-state index contributed by atoms with van der Waals surface area (Å²) in [4.78, 5) is 0.